The molecule has 1 heterocycles. The molecule has 1 aromatic heterocycles. The van der Waals surface area contributed by atoms with E-state index in [0.29, 0.717) is 13.1 Å². The lowest BCUT2D eigenvalue weighted by Gasteiger charge is -2.24. The predicted octanol–water partition coefficient (Wildman–Crippen LogP) is 1.87. The van der Waals surface area contributed by atoms with Gasteiger partial charge in [-0.15, -0.1) is 0 Å². The summed E-state index contributed by atoms with van der Waals surface area (Å²) in [5, 5.41) is 4.08. The highest BCUT2D eigenvalue weighted by atomic mass is 16.2. The van der Waals surface area contributed by atoms with E-state index in [4.69, 9.17) is 0 Å². The van der Waals surface area contributed by atoms with Gasteiger partial charge in [-0.2, -0.15) is 5.10 Å². The van der Waals surface area contributed by atoms with Crippen molar-refractivity contribution in [3.8, 4) is 0 Å². The van der Waals surface area contributed by atoms with Crippen LogP contribution in [-0.2, 0) is 4.79 Å². The van der Waals surface area contributed by atoms with Gasteiger partial charge in [-0.1, -0.05) is 12.2 Å². The third-order valence-electron chi connectivity index (χ3n) is 2.43. The minimum atomic E-state index is -0.255. The van der Waals surface area contributed by atoms with Crippen LogP contribution in [0, 0.1) is 0 Å². The first-order chi connectivity index (χ1) is 7.56. The first-order valence-electron chi connectivity index (χ1n) is 5.48. The number of aromatic nitrogens is 2. The Morgan fingerprint density at radius 1 is 1.62 bits per heavy atom. The van der Waals surface area contributed by atoms with Gasteiger partial charge >= 0.3 is 0 Å². The first-order valence-corrected chi connectivity index (χ1v) is 5.48. The van der Waals surface area contributed by atoms with Crippen LogP contribution in [0.15, 0.2) is 30.6 Å². The summed E-state index contributed by atoms with van der Waals surface area (Å²) in [5.41, 5.74) is 0.989. The van der Waals surface area contributed by atoms with E-state index in [-0.39, 0.29) is 11.9 Å². The van der Waals surface area contributed by atoms with Crippen LogP contribution in [0.2, 0.25) is 0 Å². The summed E-state index contributed by atoms with van der Waals surface area (Å²) in [6, 6.07) is 1.56. The van der Waals surface area contributed by atoms with Crippen molar-refractivity contribution >= 4 is 5.91 Å². The van der Waals surface area contributed by atoms with Crippen molar-refractivity contribution in [1.82, 2.24) is 14.7 Å². The average molecular weight is 221 g/mol. The van der Waals surface area contributed by atoms with Crippen molar-refractivity contribution in [1.29, 1.82) is 0 Å². The van der Waals surface area contributed by atoms with E-state index < -0.39 is 0 Å². The summed E-state index contributed by atoms with van der Waals surface area (Å²) in [7, 11) is 0. The molecule has 0 aliphatic heterocycles. The van der Waals surface area contributed by atoms with Crippen molar-refractivity contribution < 1.29 is 4.79 Å². The quantitative estimate of drug-likeness (QED) is 0.712. The van der Waals surface area contributed by atoms with Gasteiger partial charge in [0.25, 0.3) is 0 Å². The largest absolute Gasteiger partial charge is 0.337 e. The molecule has 1 unspecified atom stereocenters. The van der Waals surface area contributed by atoms with Crippen molar-refractivity contribution in [2.75, 3.05) is 13.1 Å². The molecule has 1 rings (SSSR count). The molecule has 88 valence electrons. The Kier molecular flexibility index (Phi) is 4.28. The van der Waals surface area contributed by atoms with E-state index in [2.05, 4.69) is 11.7 Å². The van der Waals surface area contributed by atoms with Crippen LogP contribution in [0.4, 0.5) is 0 Å². The number of rotatable bonds is 5. The highest BCUT2D eigenvalue weighted by Gasteiger charge is 2.20. The maximum atomic E-state index is 12.1. The van der Waals surface area contributed by atoms with Crippen molar-refractivity contribution in [3.63, 3.8) is 0 Å². The molecular weight excluding hydrogens is 202 g/mol. The Balaban J connectivity index is 2.71. The second kappa shape index (κ2) is 5.49. The molecule has 0 fully saturated rings. The van der Waals surface area contributed by atoms with Gasteiger partial charge in [-0.05, 0) is 26.8 Å². The lowest BCUT2D eigenvalue weighted by atomic mass is 10.2. The Hall–Kier alpha value is -1.58. The fourth-order valence-electron chi connectivity index (χ4n) is 1.56. The summed E-state index contributed by atoms with van der Waals surface area (Å²) in [6.07, 6.45) is 3.48. The van der Waals surface area contributed by atoms with Crippen LogP contribution in [0.3, 0.4) is 0 Å². The smallest absolute Gasteiger partial charge is 0.247 e. The molecule has 16 heavy (non-hydrogen) atoms. The minimum absolute atomic E-state index is 0.0780. The summed E-state index contributed by atoms with van der Waals surface area (Å²) >= 11 is 0. The molecule has 0 aromatic carbocycles. The number of likely N-dealkylation sites (N-methyl/N-ethyl adjacent to an activating group) is 1. The molecule has 1 aromatic rings. The SMILES string of the molecule is C=C(C)CN(CC)C(=O)C(C)n1cccn1. The average Bonchev–Trinajstić information content (AvgIpc) is 2.76. The van der Waals surface area contributed by atoms with E-state index in [1.54, 1.807) is 22.0 Å². The van der Waals surface area contributed by atoms with E-state index in [0.717, 1.165) is 5.57 Å². The van der Waals surface area contributed by atoms with Gasteiger partial charge in [0.1, 0.15) is 6.04 Å². The number of amides is 1. The third-order valence-corrected chi connectivity index (χ3v) is 2.43. The molecule has 0 aliphatic carbocycles. The van der Waals surface area contributed by atoms with Crippen LogP contribution in [0.25, 0.3) is 0 Å². The van der Waals surface area contributed by atoms with Gasteiger partial charge in [0, 0.05) is 25.5 Å². The van der Waals surface area contributed by atoms with E-state index in [1.165, 1.54) is 0 Å². The zero-order valence-electron chi connectivity index (χ0n) is 10.2. The Bertz CT molecular complexity index is 356. The molecule has 4 nitrogen and oxygen atoms in total. The number of nitrogens with zero attached hydrogens (tertiary/aromatic N) is 3. The van der Waals surface area contributed by atoms with Crippen LogP contribution in [0.5, 0.6) is 0 Å². The molecule has 0 N–H and O–H groups in total. The van der Waals surface area contributed by atoms with Gasteiger partial charge in [0.2, 0.25) is 5.91 Å². The van der Waals surface area contributed by atoms with Gasteiger partial charge in [-0.3, -0.25) is 9.48 Å². The summed E-state index contributed by atoms with van der Waals surface area (Å²) in [5.74, 6) is 0.0780. The van der Waals surface area contributed by atoms with Crippen LogP contribution in [0.1, 0.15) is 26.8 Å². The van der Waals surface area contributed by atoms with Gasteiger partial charge in [0.15, 0.2) is 0 Å². The molecule has 1 amide bonds. The fourth-order valence-corrected chi connectivity index (χ4v) is 1.56. The molecule has 0 spiro atoms. The highest BCUT2D eigenvalue weighted by Crippen LogP contribution is 2.09. The van der Waals surface area contributed by atoms with E-state index in [9.17, 15) is 4.79 Å². The Morgan fingerprint density at radius 2 is 2.31 bits per heavy atom. The van der Waals surface area contributed by atoms with Crippen molar-refractivity contribution in [2.45, 2.75) is 26.8 Å². The second-order valence-corrected chi connectivity index (χ2v) is 3.97. The van der Waals surface area contributed by atoms with Gasteiger partial charge in [0.05, 0.1) is 0 Å². The lowest BCUT2D eigenvalue weighted by Crippen LogP contribution is -2.37. The molecule has 0 radical (unpaired) electrons. The standard InChI is InChI=1S/C12H19N3O/c1-5-14(9-10(2)3)12(16)11(4)15-8-6-7-13-15/h6-8,11H,2,5,9H2,1,3-4H3. The predicted molar refractivity (Wildman–Crippen MR) is 64.0 cm³/mol. The maximum Gasteiger partial charge on any atom is 0.247 e. The topological polar surface area (TPSA) is 38.1 Å². The first kappa shape index (κ1) is 12.5. The molecule has 0 bridgehead atoms. The normalized spacial score (nSPS) is 12.2. The van der Waals surface area contributed by atoms with Gasteiger partial charge in [-0.25, -0.2) is 0 Å². The van der Waals surface area contributed by atoms with Crippen LogP contribution >= 0.6 is 0 Å². The number of hydrogen-bond acceptors (Lipinski definition) is 2. The highest BCUT2D eigenvalue weighted by molar-refractivity contribution is 5.80. The zero-order valence-corrected chi connectivity index (χ0v) is 10.2. The minimum Gasteiger partial charge on any atom is -0.337 e. The summed E-state index contributed by atoms with van der Waals surface area (Å²) < 4.78 is 1.67. The molecule has 0 saturated carbocycles. The van der Waals surface area contributed by atoms with Crippen molar-refractivity contribution in [3.05, 3.63) is 30.6 Å². The summed E-state index contributed by atoms with van der Waals surface area (Å²) in [4.78, 5) is 13.9. The van der Waals surface area contributed by atoms with Crippen LogP contribution < -0.4 is 0 Å². The fraction of sp³-hybridized carbons (Fsp3) is 0.500. The Labute approximate surface area is 96.6 Å². The maximum absolute atomic E-state index is 12.1. The van der Waals surface area contributed by atoms with Crippen molar-refractivity contribution in [2.24, 2.45) is 0 Å². The third kappa shape index (κ3) is 2.95. The zero-order chi connectivity index (χ0) is 12.1. The lowest BCUT2D eigenvalue weighted by molar-refractivity contribution is -0.133. The van der Waals surface area contributed by atoms with Crippen LogP contribution in [-0.4, -0.2) is 33.7 Å². The number of carbonyl (C=O) groups excluding carboxylic acids is 1. The monoisotopic (exact) mass is 221 g/mol. The second-order valence-electron chi connectivity index (χ2n) is 3.97. The molecule has 1 atom stereocenters. The molecular formula is C12H19N3O. The molecule has 0 aliphatic rings. The number of hydrogen-bond donors (Lipinski definition) is 0. The van der Waals surface area contributed by atoms with Gasteiger partial charge < -0.3 is 4.90 Å². The Morgan fingerprint density at radius 3 is 2.75 bits per heavy atom. The molecule has 0 saturated heterocycles. The number of carbonyl (C=O) groups is 1. The van der Waals surface area contributed by atoms with E-state index in [1.807, 2.05) is 26.8 Å². The molecule has 4 heteroatoms. The van der Waals surface area contributed by atoms with E-state index >= 15 is 0 Å². The summed E-state index contributed by atoms with van der Waals surface area (Å²) in [6.45, 7) is 10.9.